The van der Waals surface area contributed by atoms with E-state index in [1.807, 2.05) is 24.3 Å². The topological polar surface area (TPSA) is 63.4 Å². The smallest absolute Gasteiger partial charge is 0.270 e. The van der Waals surface area contributed by atoms with Crippen LogP contribution < -0.4 is 0 Å². The summed E-state index contributed by atoms with van der Waals surface area (Å²) in [5.74, 6) is 0.639. The van der Waals surface area contributed by atoms with Crippen molar-refractivity contribution in [2.24, 2.45) is 0 Å². The Balaban J connectivity index is 1.73. The molecule has 1 aliphatic rings. The van der Waals surface area contributed by atoms with Crippen LogP contribution in [0.15, 0.2) is 48.5 Å². The number of thioether (sulfide) groups is 1. The van der Waals surface area contributed by atoms with Gasteiger partial charge in [-0.25, -0.2) is 0 Å². The molecule has 3 rings (SSSR count). The molecule has 0 spiro atoms. The van der Waals surface area contributed by atoms with Gasteiger partial charge in [-0.05, 0) is 24.1 Å². The molecule has 1 fully saturated rings. The fraction of sp³-hybridized carbons (Fsp3) is 0.278. The fourth-order valence-corrected chi connectivity index (χ4v) is 4.49. The molecule has 1 unspecified atom stereocenters. The monoisotopic (exact) mass is 376 g/mol. The molecular formula is C18H17ClN2O3S. The third kappa shape index (κ3) is 4.14. The summed E-state index contributed by atoms with van der Waals surface area (Å²) in [5, 5.41) is 11.9. The quantitative estimate of drug-likeness (QED) is 0.581. The van der Waals surface area contributed by atoms with Crippen molar-refractivity contribution in [2.75, 3.05) is 18.8 Å². The Morgan fingerprint density at radius 2 is 2.00 bits per heavy atom. The molecule has 0 aromatic heterocycles. The van der Waals surface area contributed by atoms with Crippen molar-refractivity contribution in [1.29, 1.82) is 0 Å². The van der Waals surface area contributed by atoms with Crippen molar-refractivity contribution in [3.05, 3.63) is 74.8 Å². The molecular weight excluding hydrogens is 360 g/mol. The van der Waals surface area contributed by atoms with Crippen LogP contribution in [0.2, 0.25) is 5.02 Å². The van der Waals surface area contributed by atoms with Crippen molar-refractivity contribution in [1.82, 2.24) is 4.90 Å². The first-order valence-electron chi connectivity index (χ1n) is 7.96. The molecule has 25 heavy (non-hydrogen) atoms. The molecule has 130 valence electrons. The van der Waals surface area contributed by atoms with E-state index < -0.39 is 4.92 Å². The predicted molar refractivity (Wildman–Crippen MR) is 100 cm³/mol. The van der Waals surface area contributed by atoms with Crippen LogP contribution in [0.1, 0.15) is 27.6 Å². The van der Waals surface area contributed by atoms with Crippen LogP contribution in [0.5, 0.6) is 0 Å². The molecule has 1 aliphatic heterocycles. The van der Waals surface area contributed by atoms with Crippen LogP contribution in [0.25, 0.3) is 0 Å². The second-order valence-electron chi connectivity index (χ2n) is 5.77. The number of rotatable bonds is 3. The highest BCUT2D eigenvalue weighted by Crippen LogP contribution is 2.38. The van der Waals surface area contributed by atoms with Gasteiger partial charge in [0, 0.05) is 46.8 Å². The van der Waals surface area contributed by atoms with Crippen molar-refractivity contribution < 1.29 is 9.72 Å². The third-order valence-corrected chi connectivity index (χ3v) is 5.84. The van der Waals surface area contributed by atoms with Crippen LogP contribution in [-0.2, 0) is 0 Å². The zero-order chi connectivity index (χ0) is 17.8. The zero-order valence-corrected chi connectivity index (χ0v) is 15.0. The van der Waals surface area contributed by atoms with E-state index in [2.05, 4.69) is 0 Å². The molecule has 5 nitrogen and oxygen atoms in total. The summed E-state index contributed by atoms with van der Waals surface area (Å²) in [5.41, 5.74) is 1.39. The number of nitro groups is 1. The number of amides is 1. The van der Waals surface area contributed by atoms with Gasteiger partial charge < -0.3 is 4.90 Å². The third-order valence-electron chi connectivity index (χ3n) is 4.18. The maximum Gasteiger partial charge on any atom is 0.270 e. The number of nitro benzene ring substituents is 1. The molecule has 0 radical (unpaired) electrons. The molecule has 0 aliphatic carbocycles. The molecule has 1 amide bonds. The fourth-order valence-electron chi connectivity index (χ4n) is 2.89. The van der Waals surface area contributed by atoms with Gasteiger partial charge in [0.15, 0.2) is 0 Å². The number of carbonyl (C=O) groups is 1. The lowest BCUT2D eigenvalue weighted by Gasteiger charge is -2.20. The molecule has 7 heteroatoms. The number of carbonyl (C=O) groups excluding carboxylic acids is 1. The van der Waals surface area contributed by atoms with E-state index >= 15 is 0 Å². The molecule has 2 aromatic rings. The van der Waals surface area contributed by atoms with E-state index in [0.717, 1.165) is 22.8 Å². The summed E-state index contributed by atoms with van der Waals surface area (Å²) in [6, 6.07) is 13.7. The van der Waals surface area contributed by atoms with Crippen molar-refractivity contribution >= 4 is 35.0 Å². The van der Waals surface area contributed by atoms with E-state index in [-0.39, 0.29) is 16.8 Å². The molecule has 0 bridgehead atoms. The molecule has 1 heterocycles. The summed E-state index contributed by atoms with van der Waals surface area (Å²) in [6.45, 7) is 1.22. The Hall–Kier alpha value is -2.05. The second kappa shape index (κ2) is 7.89. The number of benzene rings is 2. The molecule has 0 saturated carbocycles. The van der Waals surface area contributed by atoms with Gasteiger partial charge in [-0.3, -0.25) is 14.9 Å². The van der Waals surface area contributed by atoms with Gasteiger partial charge in [-0.15, -0.1) is 0 Å². The number of nitrogens with zero attached hydrogens (tertiary/aromatic N) is 2. The van der Waals surface area contributed by atoms with E-state index in [1.54, 1.807) is 28.8 Å². The first-order chi connectivity index (χ1) is 12.1. The summed E-state index contributed by atoms with van der Waals surface area (Å²) in [7, 11) is 0. The van der Waals surface area contributed by atoms with E-state index in [9.17, 15) is 14.9 Å². The average Bonchev–Trinajstić information content (AvgIpc) is 2.87. The number of hydrogen-bond donors (Lipinski definition) is 0. The first kappa shape index (κ1) is 17.8. The Bertz CT molecular complexity index is 799. The van der Waals surface area contributed by atoms with Gasteiger partial charge in [0.2, 0.25) is 0 Å². The molecule has 0 N–H and O–H groups in total. The summed E-state index contributed by atoms with van der Waals surface area (Å²) in [4.78, 5) is 24.9. The minimum absolute atomic E-state index is 0.0657. The Morgan fingerprint density at radius 3 is 2.76 bits per heavy atom. The lowest BCUT2D eigenvalue weighted by molar-refractivity contribution is -0.384. The zero-order valence-electron chi connectivity index (χ0n) is 13.4. The lowest BCUT2D eigenvalue weighted by atomic mass is 10.1. The van der Waals surface area contributed by atoms with Crippen LogP contribution in [0.4, 0.5) is 5.69 Å². The number of halogens is 1. The number of hydrogen-bond acceptors (Lipinski definition) is 4. The van der Waals surface area contributed by atoms with Crippen LogP contribution in [0, 0.1) is 10.1 Å². The standard InChI is InChI=1S/C18H17ClN2O3S/c19-16-7-2-1-6-15(16)17-8-9-20(10-11-25-17)18(22)13-4-3-5-14(12-13)21(23)24/h1-7,12,17H,8-11H2. The highest BCUT2D eigenvalue weighted by Gasteiger charge is 2.24. The molecule has 1 saturated heterocycles. The van der Waals surface area contributed by atoms with Crippen LogP contribution in [-0.4, -0.2) is 34.6 Å². The molecule has 2 aromatic carbocycles. The van der Waals surface area contributed by atoms with Crippen LogP contribution >= 0.6 is 23.4 Å². The Kier molecular flexibility index (Phi) is 5.60. The highest BCUT2D eigenvalue weighted by molar-refractivity contribution is 7.99. The summed E-state index contributed by atoms with van der Waals surface area (Å²) >= 11 is 8.08. The highest BCUT2D eigenvalue weighted by atomic mass is 35.5. The molecule has 1 atom stereocenters. The van der Waals surface area contributed by atoms with Crippen molar-refractivity contribution in [2.45, 2.75) is 11.7 Å². The maximum absolute atomic E-state index is 12.7. The summed E-state index contributed by atoms with van der Waals surface area (Å²) in [6.07, 6.45) is 0.801. The van der Waals surface area contributed by atoms with E-state index in [1.165, 1.54) is 12.1 Å². The van der Waals surface area contributed by atoms with Gasteiger partial charge in [0.1, 0.15) is 0 Å². The predicted octanol–water partition coefficient (Wildman–Crippen LogP) is 4.57. The Morgan fingerprint density at radius 1 is 1.20 bits per heavy atom. The SMILES string of the molecule is O=C(c1cccc([N+](=O)[O-])c1)N1CCSC(c2ccccc2Cl)CC1. The minimum Gasteiger partial charge on any atom is -0.338 e. The van der Waals surface area contributed by atoms with Gasteiger partial charge in [0.05, 0.1) is 4.92 Å². The maximum atomic E-state index is 12.7. The van der Waals surface area contributed by atoms with Crippen molar-refractivity contribution in [3.8, 4) is 0 Å². The largest absolute Gasteiger partial charge is 0.338 e. The van der Waals surface area contributed by atoms with Gasteiger partial charge in [0.25, 0.3) is 11.6 Å². The van der Waals surface area contributed by atoms with Crippen molar-refractivity contribution in [3.63, 3.8) is 0 Å². The summed E-state index contributed by atoms with van der Waals surface area (Å²) < 4.78 is 0. The first-order valence-corrected chi connectivity index (χ1v) is 9.38. The van der Waals surface area contributed by atoms with Gasteiger partial charge >= 0.3 is 0 Å². The normalized spacial score (nSPS) is 17.8. The van der Waals surface area contributed by atoms with Crippen LogP contribution in [0.3, 0.4) is 0 Å². The minimum atomic E-state index is -0.484. The van der Waals surface area contributed by atoms with E-state index in [0.29, 0.717) is 18.7 Å². The van der Waals surface area contributed by atoms with Gasteiger partial charge in [-0.1, -0.05) is 35.9 Å². The van der Waals surface area contributed by atoms with E-state index in [4.69, 9.17) is 11.6 Å². The number of non-ortho nitro benzene ring substituents is 1. The average molecular weight is 377 g/mol. The second-order valence-corrected chi connectivity index (χ2v) is 7.49. The van der Waals surface area contributed by atoms with Gasteiger partial charge in [-0.2, -0.15) is 11.8 Å². The Labute approximate surface area is 155 Å². The lowest BCUT2D eigenvalue weighted by Crippen LogP contribution is -2.33.